The summed E-state index contributed by atoms with van der Waals surface area (Å²) in [6, 6.07) is 4.54. The average molecular weight is 355 g/mol. The molecule has 1 aromatic heterocycles. The standard InChI is InChI=1S/C14H15ClN4O5/c1-19(2)24-11(20)10-8(15)6-5-7-9(10)23-14-17-12(21-3)16-13(18-14)22-4/h5-7H,1-4H3. The summed E-state index contributed by atoms with van der Waals surface area (Å²) < 4.78 is 15.4. The van der Waals surface area contributed by atoms with Crippen LogP contribution in [-0.4, -0.2) is 54.3 Å². The number of hydroxylamine groups is 2. The highest BCUT2D eigenvalue weighted by Gasteiger charge is 2.21. The van der Waals surface area contributed by atoms with Gasteiger partial charge < -0.3 is 19.0 Å². The van der Waals surface area contributed by atoms with E-state index in [1.807, 2.05) is 0 Å². The van der Waals surface area contributed by atoms with Crippen LogP contribution in [-0.2, 0) is 4.84 Å². The van der Waals surface area contributed by atoms with Crippen LogP contribution in [0.25, 0.3) is 0 Å². The largest absolute Gasteiger partial charge is 0.467 e. The van der Waals surface area contributed by atoms with Crippen molar-refractivity contribution < 1.29 is 23.8 Å². The molecule has 0 fully saturated rings. The first-order chi connectivity index (χ1) is 11.4. The van der Waals surface area contributed by atoms with Crippen molar-refractivity contribution in [2.45, 2.75) is 0 Å². The molecule has 0 unspecified atom stereocenters. The molecule has 0 saturated carbocycles. The minimum atomic E-state index is -0.686. The van der Waals surface area contributed by atoms with Crippen molar-refractivity contribution in [2.75, 3.05) is 28.3 Å². The Morgan fingerprint density at radius 3 is 2.17 bits per heavy atom. The lowest BCUT2D eigenvalue weighted by atomic mass is 10.2. The normalized spacial score (nSPS) is 10.4. The molecule has 0 radical (unpaired) electrons. The highest BCUT2D eigenvalue weighted by Crippen LogP contribution is 2.30. The Morgan fingerprint density at radius 1 is 1.04 bits per heavy atom. The van der Waals surface area contributed by atoms with Crippen LogP contribution < -0.4 is 14.2 Å². The first-order valence-electron chi connectivity index (χ1n) is 6.64. The SMILES string of the molecule is COc1nc(OC)nc(Oc2cccc(Cl)c2C(=O)ON(C)C)n1. The van der Waals surface area contributed by atoms with E-state index in [2.05, 4.69) is 15.0 Å². The molecule has 0 bridgehead atoms. The minimum absolute atomic E-state index is 0.00343. The van der Waals surface area contributed by atoms with Crippen LogP contribution in [0.1, 0.15) is 10.4 Å². The Labute approximate surface area is 143 Å². The summed E-state index contributed by atoms with van der Waals surface area (Å²) in [7, 11) is 5.91. The second-order valence-electron chi connectivity index (χ2n) is 4.50. The molecular weight excluding hydrogens is 340 g/mol. The smallest absolute Gasteiger partial charge is 0.362 e. The monoisotopic (exact) mass is 354 g/mol. The number of halogens is 1. The fourth-order valence-corrected chi connectivity index (χ4v) is 1.89. The van der Waals surface area contributed by atoms with Crippen molar-refractivity contribution in [3.63, 3.8) is 0 Å². The van der Waals surface area contributed by atoms with Crippen molar-refractivity contribution >= 4 is 17.6 Å². The molecule has 0 spiro atoms. The summed E-state index contributed by atoms with van der Waals surface area (Å²) in [5.74, 6) is -0.571. The van der Waals surface area contributed by atoms with Gasteiger partial charge in [0.15, 0.2) is 0 Å². The van der Waals surface area contributed by atoms with Gasteiger partial charge in [0.25, 0.3) is 0 Å². The number of nitrogens with zero attached hydrogens (tertiary/aromatic N) is 4. The number of carbonyl (C=O) groups excluding carboxylic acids is 1. The van der Waals surface area contributed by atoms with E-state index < -0.39 is 5.97 Å². The lowest BCUT2D eigenvalue weighted by molar-refractivity contribution is -0.0714. The first-order valence-corrected chi connectivity index (χ1v) is 7.02. The van der Waals surface area contributed by atoms with Crippen LogP contribution in [0.5, 0.6) is 23.8 Å². The highest BCUT2D eigenvalue weighted by atomic mass is 35.5. The van der Waals surface area contributed by atoms with Crippen molar-refractivity contribution in [3.05, 3.63) is 28.8 Å². The summed E-state index contributed by atoms with van der Waals surface area (Å²) >= 11 is 6.09. The molecule has 0 saturated heterocycles. The molecule has 0 aliphatic heterocycles. The number of aromatic nitrogens is 3. The Balaban J connectivity index is 2.40. The molecule has 0 N–H and O–H groups in total. The van der Waals surface area contributed by atoms with Gasteiger partial charge in [-0.15, -0.1) is 20.0 Å². The van der Waals surface area contributed by atoms with Crippen LogP contribution in [0, 0.1) is 0 Å². The van der Waals surface area contributed by atoms with Gasteiger partial charge in [-0.1, -0.05) is 17.7 Å². The van der Waals surface area contributed by atoms with Gasteiger partial charge in [-0.2, -0.15) is 0 Å². The van der Waals surface area contributed by atoms with Gasteiger partial charge >= 0.3 is 24.0 Å². The maximum Gasteiger partial charge on any atom is 0.362 e. The fraction of sp³-hybridized carbons (Fsp3) is 0.286. The van der Waals surface area contributed by atoms with Gasteiger partial charge in [0.1, 0.15) is 11.3 Å². The van der Waals surface area contributed by atoms with Crippen molar-refractivity contribution in [3.8, 4) is 23.8 Å². The van der Waals surface area contributed by atoms with Gasteiger partial charge in [0.2, 0.25) is 0 Å². The third-order valence-corrected chi connectivity index (χ3v) is 2.90. The molecule has 0 amide bonds. The molecule has 9 nitrogen and oxygen atoms in total. The third-order valence-electron chi connectivity index (χ3n) is 2.59. The van der Waals surface area contributed by atoms with Crippen LogP contribution in [0.2, 0.25) is 5.02 Å². The van der Waals surface area contributed by atoms with Crippen LogP contribution in [0.15, 0.2) is 18.2 Å². The van der Waals surface area contributed by atoms with Crippen molar-refractivity contribution in [2.24, 2.45) is 0 Å². The predicted molar refractivity (Wildman–Crippen MR) is 83.6 cm³/mol. The van der Waals surface area contributed by atoms with E-state index in [0.29, 0.717) is 0 Å². The van der Waals surface area contributed by atoms with E-state index in [0.717, 1.165) is 0 Å². The number of hydrogen-bond donors (Lipinski definition) is 0. The summed E-state index contributed by atoms with van der Waals surface area (Å²) in [6.07, 6.45) is 0. The molecule has 0 aliphatic carbocycles. The van der Waals surface area contributed by atoms with E-state index in [1.165, 1.54) is 31.4 Å². The number of hydrogen-bond acceptors (Lipinski definition) is 9. The molecule has 1 heterocycles. The Hall–Kier alpha value is -2.65. The fourth-order valence-electron chi connectivity index (χ4n) is 1.65. The second kappa shape index (κ2) is 7.75. The quantitative estimate of drug-likeness (QED) is 0.721. The van der Waals surface area contributed by atoms with Gasteiger partial charge in [0.05, 0.1) is 19.2 Å². The van der Waals surface area contributed by atoms with Gasteiger partial charge in [-0.25, -0.2) is 4.79 Å². The molecule has 2 aromatic rings. The minimum Gasteiger partial charge on any atom is -0.467 e. The van der Waals surface area contributed by atoms with Gasteiger partial charge in [0, 0.05) is 14.1 Å². The molecule has 24 heavy (non-hydrogen) atoms. The first kappa shape index (κ1) is 17.7. The number of rotatable bonds is 6. The Kier molecular flexibility index (Phi) is 5.72. The molecule has 0 atom stereocenters. The second-order valence-corrected chi connectivity index (χ2v) is 4.90. The maximum atomic E-state index is 12.2. The molecule has 128 valence electrons. The third kappa shape index (κ3) is 4.21. The van der Waals surface area contributed by atoms with Crippen molar-refractivity contribution in [1.82, 2.24) is 20.0 Å². The Bertz CT molecular complexity index is 719. The molecule has 10 heteroatoms. The van der Waals surface area contributed by atoms with E-state index >= 15 is 0 Å². The average Bonchev–Trinajstić information content (AvgIpc) is 2.53. The topological polar surface area (TPSA) is 95.9 Å². The molecular formula is C14H15ClN4O5. The van der Waals surface area contributed by atoms with E-state index in [4.69, 9.17) is 30.6 Å². The molecule has 2 rings (SSSR count). The summed E-state index contributed by atoms with van der Waals surface area (Å²) in [4.78, 5) is 28.9. The number of benzene rings is 1. The van der Waals surface area contributed by atoms with Gasteiger partial charge in [-0.05, 0) is 12.1 Å². The van der Waals surface area contributed by atoms with E-state index in [-0.39, 0.29) is 34.4 Å². The summed E-state index contributed by atoms with van der Waals surface area (Å²) in [6.45, 7) is 0. The zero-order valence-corrected chi connectivity index (χ0v) is 14.2. The predicted octanol–water partition coefficient (Wildman–Crippen LogP) is 1.97. The van der Waals surface area contributed by atoms with E-state index in [1.54, 1.807) is 20.2 Å². The lowest BCUT2D eigenvalue weighted by Gasteiger charge is -2.14. The number of ether oxygens (including phenoxy) is 3. The summed E-state index contributed by atoms with van der Waals surface area (Å²) in [5.41, 5.74) is 0.0335. The summed E-state index contributed by atoms with van der Waals surface area (Å²) in [5, 5.41) is 1.40. The Morgan fingerprint density at radius 2 is 1.62 bits per heavy atom. The number of methoxy groups -OCH3 is 2. The maximum absolute atomic E-state index is 12.2. The van der Waals surface area contributed by atoms with E-state index in [9.17, 15) is 4.79 Å². The number of carbonyl (C=O) groups is 1. The molecule has 1 aromatic carbocycles. The van der Waals surface area contributed by atoms with Gasteiger partial charge in [-0.3, -0.25) is 0 Å². The zero-order valence-electron chi connectivity index (χ0n) is 13.4. The van der Waals surface area contributed by atoms with Crippen molar-refractivity contribution in [1.29, 1.82) is 0 Å². The zero-order chi connectivity index (χ0) is 17.7. The highest BCUT2D eigenvalue weighted by molar-refractivity contribution is 6.34. The molecule has 0 aliphatic rings. The lowest BCUT2D eigenvalue weighted by Crippen LogP contribution is -2.19. The van der Waals surface area contributed by atoms with Crippen LogP contribution >= 0.6 is 11.6 Å². The van der Waals surface area contributed by atoms with Crippen LogP contribution in [0.3, 0.4) is 0 Å². The van der Waals surface area contributed by atoms with Crippen LogP contribution in [0.4, 0.5) is 0 Å².